The molecule has 0 saturated heterocycles. The number of esters is 1. The van der Waals surface area contributed by atoms with E-state index in [4.69, 9.17) is 0 Å². The molecule has 1 aromatic carbocycles. The lowest BCUT2D eigenvalue weighted by Crippen LogP contribution is -2.08. The Balaban J connectivity index is 2.26. The van der Waals surface area contributed by atoms with Gasteiger partial charge in [0, 0.05) is 5.41 Å². The van der Waals surface area contributed by atoms with Crippen molar-refractivity contribution >= 4 is 5.97 Å². The maximum atomic E-state index is 13.4. The monoisotopic (exact) mass is 238 g/mol. The number of hydrogen-bond donors (Lipinski definition) is 0. The fourth-order valence-corrected chi connectivity index (χ4v) is 1.83. The third-order valence-corrected chi connectivity index (χ3v) is 2.99. The van der Waals surface area contributed by atoms with Gasteiger partial charge in [-0.15, -0.1) is 0 Å². The van der Waals surface area contributed by atoms with Crippen molar-refractivity contribution in [3.8, 4) is 0 Å². The van der Waals surface area contributed by atoms with E-state index < -0.39 is 17.2 Å². The Kier molecular flexibility index (Phi) is 2.96. The van der Waals surface area contributed by atoms with Gasteiger partial charge in [0.2, 0.25) is 5.83 Å². The van der Waals surface area contributed by atoms with Crippen LogP contribution in [-0.4, -0.2) is 13.1 Å². The van der Waals surface area contributed by atoms with Crippen LogP contribution in [0.3, 0.4) is 0 Å². The smallest absolute Gasteiger partial charge is 0.366 e. The molecule has 1 saturated carbocycles. The number of carbonyl (C=O) groups is 1. The first-order valence-electron chi connectivity index (χ1n) is 5.30. The second-order valence-corrected chi connectivity index (χ2v) is 4.15. The average molecular weight is 238 g/mol. The molecule has 17 heavy (non-hydrogen) atoms. The minimum absolute atomic E-state index is 0.332. The van der Waals surface area contributed by atoms with Crippen LogP contribution in [-0.2, 0) is 14.9 Å². The normalized spacial score (nSPS) is 17.7. The third-order valence-electron chi connectivity index (χ3n) is 2.99. The summed E-state index contributed by atoms with van der Waals surface area (Å²) in [6.45, 7) is 0. The Labute approximate surface area is 97.9 Å². The zero-order chi connectivity index (χ0) is 12.5. The van der Waals surface area contributed by atoms with Gasteiger partial charge in [0.1, 0.15) is 5.82 Å². The van der Waals surface area contributed by atoms with E-state index in [9.17, 15) is 13.6 Å². The first kappa shape index (κ1) is 11.8. The van der Waals surface area contributed by atoms with Gasteiger partial charge in [-0.05, 0) is 36.6 Å². The third kappa shape index (κ3) is 2.35. The number of halogens is 2. The van der Waals surface area contributed by atoms with Gasteiger partial charge in [0.25, 0.3) is 0 Å². The van der Waals surface area contributed by atoms with Crippen LogP contribution in [0.1, 0.15) is 18.4 Å². The predicted molar refractivity (Wildman–Crippen MR) is 58.5 cm³/mol. The van der Waals surface area contributed by atoms with Gasteiger partial charge in [0.15, 0.2) is 0 Å². The van der Waals surface area contributed by atoms with Crippen molar-refractivity contribution in [3.63, 3.8) is 0 Å². The van der Waals surface area contributed by atoms with Gasteiger partial charge in [-0.25, -0.2) is 9.18 Å². The topological polar surface area (TPSA) is 26.3 Å². The highest BCUT2D eigenvalue weighted by molar-refractivity contribution is 5.86. The van der Waals surface area contributed by atoms with E-state index >= 15 is 0 Å². The summed E-state index contributed by atoms with van der Waals surface area (Å²) in [6.07, 6.45) is 2.78. The maximum absolute atomic E-state index is 13.4. The first-order valence-corrected chi connectivity index (χ1v) is 5.30. The first-order chi connectivity index (χ1) is 8.07. The van der Waals surface area contributed by atoms with Crippen molar-refractivity contribution in [3.05, 3.63) is 47.5 Å². The molecule has 1 aromatic rings. The fourth-order valence-electron chi connectivity index (χ4n) is 1.83. The van der Waals surface area contributed by atoms with Crippen LogP contribution in [0.4, 0.5) is 8.78 Å². The Morgan fingerprint density at radius 2 is 1.94 bits per heavy atom. The van der Waals surface area contributed by atoms with Gasteiger partial charge < -0.3 is 4.74 Å². The second kappa shape index (κ2) is 4.28. The molecule has 0 spiro atoms. The molecule has 0 unspecified atom stereocenters. The summed E-state index contributed by atoms with van der Waals surface area (Å²) >= 11 is 0. The average Bonchev–Trinajstić information content (AvgIpc) is 3.09. The van der Waals surface area contributed by atoms with Crippen LogP contribution in [0, 0.1) is 5.82 Å². The number of benzene rings is 1. The molecule has 0 aromatic heterocycles. The molecular weight excluding hydrogens is 226 g/mol. The van der Waals surface area contributed by atoms with Crippen molar-refractivity contribution in [1.29, 1.82) is 0 Å². The lowest BCUT2D eigenvalue weighted by Gasteiger charge is -2.10. The highest BCUT2D eigenvalue weighted by Gasteiger charge is 2.43. The molecule has 0 amide bonds. The molecule has 2 rings (SSSR count). The van der Waals surface area contributed by atoms with E-state index in [2.05, 4.69) is 4.74 Å². The molecule has 2 nitrogen and oxygen atoms in total. The van der Waals surface area contributed by atoms with Gasteiger partial charge in [-0.2, -0.15) is 4.39 Å². The zero-order valence-electron chi connectivity index (χ0n) is 9.37. The summed E-state index contributed by atoms with van der Waals surface area (Å²) in [5, 5.41) is 0. The molecule has 0 aliphatic heterocycles. The van der Waals surface area contributed by atoms with E-state index in [0.717, 1.165) is 25.5 Å². The fraction of sp³-hybridized carbons (Fsp3) is 0.308. The predicted octanol–water partition coefficient (Wildman–Crippen LogP) is 2.88. The van der Waals surface area contributed by atoms with Gasteiger partial charge >= 0.3 is 5.97 Å². The van der Waals surface area contributed by atoms with Gasteiger partial charge in [-0.1, -0.05) is 12.1 Å². The quantitative estimate of drug-likeness (QED) is 0.598. The minimum Gasteiger partial charge on any atom is -0.464 e. The molecule has 0 N–H and O–H groups in total. The standard InChI is InChI=1S/C13H12F2O2/c1-17-12(16)11(15)8-13(6-7-13)9-2-4-10(14)5-3-9/h2-5,8H,6-7H2,1H3/b11-8-. The molecule has 90 valence electrons. The van der Waals surface area contributed by atoms with Crippen molar-refractivity contribution in [2.24, 2.45) is 0 Å². The van der Waals surface area contributed by atoms with Crippen LogP contribution in [0.15, 0.2) is 36.2 Å². The molecule has 0 atom stereocenters. The summed E-state index contributed by atoms with van der Waals surface area (Å²) in [5.41, 5.74) is 0.351. The molecule has 0 radical (unpaired) electrons. The SMILES string of the molecule is COC(=O)/C(F)=C/C1(c2ccc(F)cc2)CC1. The Morgan fingerprint density at radius 1 is 1.35 bits per heavy atom. The van der Waals surface area contributed by atoms with Crippen LogP contribution < -0.4 is 0 Å². The zero-order valence-corrected chi connectivity index (χ0v) is 9.37. The van der Waals surface area contributed by atoms with Gasteiger partial charge in [0.05, 0.1) is 7.11 Å². The van der Waals surface area contributed by atoms with Crippen molar-refractivity contribution in [2.45, 2.75) is 18.3 Å². The van der Waals surface area contributed by atoms with Crippen LogP contribution in [0.25, 0.3) is 0 Å². The molecular formula is C13H12F2O2. The Hall–Kier alpha value is -1.71. The molecule has 1 fully saturated rings. The summed E-state index contributed by atoms with van der Waals surface area (Å²) in [6, 6.07) is 5.89. The minimum atomic E-state index is -0.974. The van der Waals surface area contributed by atoms with Crippen molar-refractivity contribution in [1.82, 2.24) is 0 Å². The summed E-state index contributed by atoms with van der Waals surface area (Å²) < 4.78 is 30.5. The molecule has 4 heteroatoms. The van der Waals surface area contributed by atoms with E-state index in [1.54, 1.807) is 12.1 Å². The van der Waals surface area contributed by atoms with E-state index in [-0.39, 0.29) is 5.82 Å². The largest absolute Gasteiger partial charge is 0.464 e. The lowest BCUT2D eigenvalue weighted by atomic mass is 9.95. The molecule has 0 bridgehead atoms. The summed E-state index contributed by atoms with van der Waals surface area (Å²) in [5.74, 6) is -2.20. The number of ether oxygens (including phenoxy) is 1. The Bertz CT molecular complexity index is 459. The number of carbonyl (C=O) groups excluding carboxylic acids is 1. The Morgan fingerprint density at radius 3 is 2.41 bits per heavy atom. The number of methoxy groups -OCH3 is 1. The van der Waals surface area contributed by atoms with Crippen molar-refractivity contribution in [2.75, 3.05) is 7.11 Å². The van der Waals surface area contributed by atoms with Gasteiger partial charge in [-0.3, -0.25) is 0 Å². The molecule has 1 aliphatic carbocycles. The lowest BCUT2D eigenvalue weighted by molar-refractivity contribution is -0.137. The number of hydrogen-bond acceptors (Lipinski definition) is 2. The van der Waals surface area contributed by atoms with Crippen molar-refractivity contribution < 1.29 is 18.3 Å². The molecule has 0 heterocycles. The molecule has 1 aliphatic rings. The number of allylic oxidation sites excluding steroid dienone is 1. The van der Waals surface area contributed by atoms with E-state index in [1.165, 1.54) is 18.2 Å². The number of rotatable bonds is 3. The van der Waals surface area contributed by atoms with Crippen LogP contribution >= 0.6 is 0 Å². The van der Waals surface area contributed by atoms with Crippen LogP contribution in [0.5, 0.6) is 0 Å². The van der Waals surface area contributed by atoms with E-state index in [1.807, 2.05) is 0 Å². The summed E-state index contributed by atoms with van der Waals surface area (Å²) in [7, 11) is 1.13. The maximum Gasteiger partial charge on any atom is 0.366 e. The van der Waals surface area contributed by atoms with Crippen LogP contribution in [0.2, 0.25) is 0 Å². The highest BCUT2D eigenvalue weighted by Crippen LogP contribution is 2.50. The highest BCUT2D eigenvalue weighted by atomic mass is 19.1. The second-order valence-electron chi connectivity index (χ2n) is 4.15. The summed E-state index contributed by atoms with van der Waals surface area (Å²) in [4.78, 5) is 11.0. The van der Waals surface area contributed by atoms with E-state index in [0.29, 0.717) is 0 Å².